The molecule has 0 spiro atoms. The fourth-order valence-electron chi connectivity index (χ4n) is 3.38. The fourth-order valence-corrected chi connectivity index (χ4v) is 3.58. The van der Waals surface area contributed by atoms with Crippen molar-refractivity contribution in [2.45, 2.75) is 26.8 Å². The third-order valence-corrected chi connectivity index (χ3v) is 5.31. The van der Waals surface area contributed by atoms with Gasteiger partial charge in [-0.05, 0) is 62.8 Å². The van der Waals surface area contributed by atoms with E-state index in [2.05, 4.69) is 35.8 Å². The van der Waals surface area contributed by atoms with E-state index in [9.17, 15) is 0 Å². The molecule has 33 heavy (non-hydrogen) atoms. The van der Waals surface area contributed by atoms with E-state index < -0.39 is 0 Å². The number of rotatable bonds is 8. The Balaban J connectivity index is 1.57. The second-order valence-electron chi connectivity index (χ2n) is 7.80. The number of thiocarbonyl (C=S) groups is 1. The van der Waals surface area contributed by atoms with Crippen molar-refractivity contribution < 1.29 is 9.47 Å². The molecule has 0 atom stereocenters. The van der Waals surface area contributed by atoms with Crippen molar-refractivity contribution in [3.05, 3.63) is 47.3 Å². The second-order valence-corrected chi connectivity index (χ2v) is 8.21. The van der Waals surface area contributed by atoms with Crippen LogP contribution in [0.3, 0.4) is 0 Å². The van der Waals surface area contributed by atoms with Crippen LogP contribution in [-0.4, -0.2) is 72.4 Å². The Kier molecular flexibility index (Phi) is 9.79. The first kappa shape index (κ1) is 24.8. The van der Waals surface area contributed by atoms with Gasteiger partial charge in [-0.25, -0.2) is 15.0 Å². The Morgan fingerprint density at radius 3 is 2.52 bits per heavy atom. The molecule has 0 saturated carbocycles. The summed E-state index contributed by atoms with van der Waals surface area (Å²) < 4.78 is 10.6. The predicted molar refractivity (Wildman–Crippen MR) is 135 cm³/mol. The Bertz CT molecular complexity index is 911. The molecule has 9 nitrogen and oxygen atoms in total. The number of aryl methyl sites for hydroxylation is 2. The van der Waals surface area contributed by atoms with Crippen molar-refractivity contribution in [1.29, 1.82) is 0 Å². The van der Waals surface area contributed by atoms with E-state index in [1.165, 1.54) is 0 Å². The standard InChI is InChI=1S/C23H33N7O2S/c1-17-15-18(2)27-22(26-17)28-21(25-16-19-5-7-20(31-3)8-6-19)29-23(33)24-9-4-10-30-11-13-32-14-12-30/h5-8,15H,4,9-14,16H2,1-3H3,(H3,24,25,26,27,28,29,33). The highest BCUT2D eigenvalue weighted by Gasteiger charge is 2.10. The van der Waals surface area contributed by atoms with Gasteiger partial charge in [0.2, 0.25) is 11.9 Å². The van der Waals surface area contributed by atoms with Crippen LogP contribution in [-0.2, 0) is 11.3 Å². The van der Waals surface area contributed by atoms with Crippen LogP contribution in [0.1, 0.15) is 23.4 Å². The van der Waals surface area contributed by atoms with Crippen LogP contribution >= 0.6 is 12.2 Å². The maximum absolute atomic E-state index is 5.50. The summed E-state index contributed by atoms with van der Waals surface area (Å²) in [5, 5.41) is 10.1. The van der Waals surface area contributed by atoms with E-state index in [0.717, 1.165) is 68.5 Å². The van der Waals surface area contributed by atoms with Crippen molar-refractivity contribution in [1.82, 2.24) is 25.5 Å². The third kappa shape index (κ3) is 8.91. The molecule has 10 heteroatoms. The SMILES string of the molecule is COc1ccc(CN=C(NC(=S)NCCCN2CCOCC2)Nc2nc(C)cc(C)n2)cc1. The number of hydrogen-bond donors (Lipinski definition) is 3. The average molecular weight is 472 g/mol. The highest BCUT2D eigenvalue weighted by atomic mass is 32.1. The fraction of sp³-hybridized carbons (Fsp3) is 0.478. The summed E-state index contributed by atoms with van der Waals surface area (Å²) in [6.45, 7) is 9.73. The molecule has 3 N–H and O–H groups in total. The minimum absolute atomic E-state index is 0.462. The van der Waals surface area contributed by atoms with E-state index in [-0.39, 0.29) is 0 Å². The lowest BCUT2D eigenvalue weighted by molar-refractivity contribution is 0.0376. The zero-order chi connectivity index (χ0) is 23.5. The molecule has 2 aromatic rings. The van der Waals surface area contributed by atoms with Crippen molar-refractivity contribution in [2.75, 3.05) is 51.8 Å². The maximum Gasteiger partial charge on any atom is 0.229 e. The highest BCUT2D eigenvalue weighted by Crippen LogP contribution is 2.12. The summed E-state index contributed by atoms with van der Waals surface area (Å²) in [6, 6.07) is 9.72. The minimum Gasteiger partial charge on any atom is -0.497 e. The lowest BCUT2D eigenvalue weighted by Crippen LogP contribution is -2.44. The molecule has 1 aliphatic heterocycles. The van der Waals surface area contributed by atoms with Crippen LogP contribution in [0, 0.1) is 13.8 Å². The summed E-state index contributed by atoms with van der Waals surface area (Å²) in [4.78, 5) is 16.0. The molecular formula is C23H33N7O2S. The molecule has 2 heterocycles. The molecule has 3 rings (SSSR count). The number of ether oxygens (including phenoxy) is 2. The van der Waals surface area contributed by atoms with Crippen LogP contribution in [0.15, 0.2) is 35.3 Å². The second kappa shape index (κ2) is 13.0. The molecule has 1 fully saturated rings. The van der Waals surface area contributed by atoms with E-state index in [4.69, 9.17) is 21.7 Å². The number of methoxy groups -OCH3 is 1. The molecule has 1 saturated heterocycles. The van der Waals surface area contributed by atoms with E-state index in [1.54, 1.807) is 7.11 Å². The first-order valence-corrected chi connectivity index (χ1v) is 11.5. The summed E-state index contributed by atoms with van der Waals surface area (Å²) in [5.74, 6) is 1.77. The molecule has 1 aliphatic rings. The van der Waals surface area contributed by atoms with Crippen LogP contribution in [0.2, 0.25) is 0 Å². The number of guanidine groups is 1. The smallest absolute Gasteiger partial charge is 0.229 e. The maximum atomic E-state index is 5.50. The van der Waals surface area contributed by atoms with Crippen molar-refractivity contribution in [3.8, 4) is 5.75 Å². The first-order chi connectivity index (χ1) is 16.0. The molecule has 1 aromatic carbocycles. The number of morpholine rings is 1. The Labute approximate surface area is 201 Å². The largest absolute Gasteiger partial charge is 0.497 e. The number of nitrogens with zero attached hydrogens (tertiary/aromatic N) is 4. The lowest BCUT2D eigenvalue weighted by atomic mass is 10.2. The van der Waals surface area contributed by atoms with Gasteiger partial charge >= 0.3 is 0 Å². The van der Waals surface area contributed by atoms with Crippen LogP contribution in [0.4, 0.5) is 5.95 Å². The summed E-state index contributed by atoms with van der Waals surface area (Å²) >= 11 is 5.50. The Morgan fingerprint density at radius 2 is 1.85 bits per heavy atom. The van der Waals surface area contributed by atoms with E-state index in [1.807, 2.05) is 44.2 Å². The van der Waals surface area contributed by atoms with Gasteiger partial charge < -0.3 is 20.1 Å². The van der Waals surface area contributed by atoms with Crippen LogP contribution < -0.4 is 20.7 Å². The molecule has 0 radical (unpaired) electrons. The topological polar surface area (TPSA) is 95.9 Å². The summed E-state index contributed by atoms with van der Waals surface area (Å²) in [5.41, 5.74) is 2.80. The van der Waals surface area contributed by atoms with Gasteiger partial charge in [0.05, 0.1) is 26.9 Å². The first-order valence-electron chi connectivity index (χ1n) is 11.1. The number of aliphatic imine (C=N–C) groups is 1. The summed E-state index contributed by atoms with van der Waals surface area (Å²) in [6.07, 6.45) is 0.994. The van der Waals surface area contributed by atoms with Crippen LogP contribution in [0.5, 0.6) is 5.75 Å². The molecule has 178 valence electrons. The quantitative estimate of drug-likeness (QED) is 0.232. The van der Waals surface area contributed by atoms with Crippen molar-refractivity contribution in [3.63, 3.8) is 0 Å². The molecule has 1 aromatic heterocycles. The van der Waals surface area contributed by atoms with Crippen LogP contribution in [0.25, 0.3) is 0 Å². The van der Waals surface area contributed by atoms with Gasteiger partial charge in [-0.3, -0.25) is 10.2 Å². The lowest BCUT2D eigenvalue weighted by Gasteiger charge is -2.26. The molecule has 0 bridgehead atoms. The number of anilines is 1. The summed E-state index contributed by atoms with van der Waals surface area (Å²) in [7, 11) is 1.65. The molecule has 0 amide bonds. The highest BCUT2D eigenvalue weighted by molar-refractivity contribution is 7.80. The number of aromatic nitrogens is 2. The Morgan fingerprint density at radius 1 is 1.15 bits per heavy atom. The van der Waals surface area contributed by atoms with Gasteiger partial charge in [-0.2, -0.15) is 0 Å². The number of benzene rings is 1. The number of nitrogens with one attached hydrogen (secondary N) is 3. The van der Waals surface area contributed by atoms with E-state index >= 15 is 0 Å². The van der Waals surface area contributed by atoms with Crippen molar-refractivity contribution in [2.24, 2.45) is 4.99 Å². The van der Waals surface area contributed by atoms with Crippen molar-refractivity contribution >= 4 is 29.2 Å². The average Bonchev–Trinajstić information content (AvgIpc) is 2.80. The molecule has 0 unspecified atom stereocenters. The zero-order valence-electron chi connectivity index (χ0n) is 19.6. The predicted octanol–water partition coefficient (Wildman–Crippen LogP) is 2.26. The third-order valence-electron chi connectivity index (χ3n) is 5.06. The van der Waals surface area contributed by atoms with Gasteiger partial charge in [0, 0.05) is 31.0 Å². The van der Waals surface area contributed by atoms with Gasteiger partial charge in [0.1, 0.15) is 5.75 Å². The minimum atomic E-state index is 0.462. The van der Waals surface area contributed by atoms with E-state index in [0.29, 0.717) is 23.6 Å². The zero-order valence-corrected chi connectivity index (χ0v) is 20.4. The number of hydrogen-bond acceptors (Lipinski definition) is 7. The normalized spacial score (nSPS) is 14.6. The molecule has 0 aliphatic carbocycles. The monoisotopic (exact) mass is 471 g/mol. The Hall–Kier alpha value is -2.82. The van der Waals surface area contributed by atoms with Gasteiger partial charge in [-0.15, -0.1) is 0 Å². The van der Waals surface area contributed by atoms with Gasteiger partial charge in [0.25, 0.3) is 0 Å². The van der Waals surface area contributed by atoms with Gasteiger partial charge in [-0.1, -0.05) is 12.1 Å². The molecular weight excluding hydrogens is 438 g/mol. The van der Waals surface area contributed by atoms with Gasteiger partial charge in [0.15, 0.2) is 5.11 Å².